The smallest absolute Gasteiger partial charge is 0.240 e. The lowest BCUT2D eigenvalue weighted by Gasteiger charge is -2.41. The molecule has 7 heteroatoms. The van der Waals surface area contributed by atoms with E-state index in [0.29, 0.717) is 18.5 Å². The molecule has 0 saturated heterocycles. The van der Waals surface area contributed by atoms with E-state index in [1.165, 1.54) is 18.2 Å². The van der Waals surface area contributed by atoms with E-state index in [0.717, 1.165) is 19.3 Å². The number of halogens is 1. The average molecular weight is 374 g/mol. The quantitative estimate of drug-likeness (QED) is 0.831. The van der Waals surface area contributed by atoms with Crippen LogP contribution < -0.4 is 5.32 Å². The first kappa shape index (κ1) is 20.8. The summed E-state index contributed by atoms with van der Waals surface area (Å²) in [6, 6.07) is 7.44. The Labute approximate surface area is 159 Å². The minimum absolute atomic E-state index is 0.0171. The van der Waals surface area contributed by atoms with Crippen LogP contribution in [-0.2, 0) is 9.59 Å². The number of hydrogen-bond donors (Lipinski definition) is 1. The fourth-order valence-corrected chi connectivity index (χ4v) is 3.47. The number of amides is 2. The van der Waals surface area contributed by atoms with Crippen LogP contribution in [0.4, 0.5) is 10.1 Å². The molecule has 1 aliphatic carbocycles. The van der Waals surface area contributed by atoms with Gasteiger partial charge < -0.3 is 10.2 Å². The fraction of sp³-hybridized carbons (Fsp3) is 0.550. The first-order valence-electron chi connectivity index (χ1n) is 9.23. The van der Waals surface area contributed by atoms with Crippen molar-refractivity contribution in [1.82, 2.24) is 9.80 Å². The summed E-state index contributed by atoms with van der Waals surface area (Å²) in [4.78, 5) is 28.3. The summed E-state index contributed by atoms with van der Waals surface area (Å²) in [6.07, 6.45) is 4.32. The maximum absolute atomic E-state index is 13.2. The van der Waals surface area contributed by atoms with Gasteiger partial charge in [0.1, 0.15) is 11.4 Å². The number of rotatable bonds is 6. The van der Waals surface area contributed by atoms with Crippen molar-refractivity contribution in [2.75, 3.05) is 26.0 Å². The highest BCUT2D eigenvalue weighted by Gasteiger charge is 2.40. The van der Waals surface area contributed by atoms with E-state index in [9.17, 15) is 19.2 Å². The van der Waals surface area contributed by atoms with Crippen LogP contribution in [0.3, 0.4) is 0 Å². The van der Waals surface area contributed by atoms with Crippen LogP contribution in [0.1, 0.15) is 39.0 Å². The molecule has 2 rings (SSSR count). The molecule has 1 atom stereocenters. The van der Waals surface area contributed by atoms with E-state index >= 15 is 0 Å². The number of nitrogens with one attached hydrogen (secondary N) is 1. The Morgan fingerprint density at radius 3 is 2.56 bits per heavy atom. The summed E-state index contributed by atoms with van der Waals surface area (Å²) in [7, 11) is 3.36. The topological polar surface area (TPSA) is 76.4 Å². The van der Waals surface area contributed by atoms with Gasteiger partial charge in [0.25, 0.3) is 0 Å². The van der Waals surface area contributed by atoms with Crippen LogP contribution in [0, 0.1) is 17.1 Å². The second kappa shape index (κ2) is 8.96. The van der Waals surface area contributed by atoms with Gasteiger partial charge in [-0.25, -0.2) is 4.39 Å². The Bertz CT molecular complexity index is 725. The SMILES string of the molecule is C[C@H](C(=O)N(C)C1(C#N)CCCCC1)N(C)CC(=O)Nc1cccc(F)c1. The molecule has 6 nitrogen and oxygen atoms in total. The van der Waals surface area contributed by atoms with Crippen LogP contribution in [0.2, 0.25) is 0 Å². The fourth-order valence-electron chi connectivity index (χ4n) is 3.47. The van der Waals surface area contributed by atoms with Gasteiger partial charge in [0, 0.05) is 12.7 Å². The van der Waals surface area contributed by atoms with Crippen molar-refractivity contribution in [3.63, 3.8) is 0 Å². The van der Waals surface area contributed by atoms with Crippen LogP contribution in [0.25, 0.3) is 0 Å². The summed E-state index contributed by atoms with van der Waals surface area (Å²) < 4.78 is 13.2. The first-order chi connectivity index (χ1) is 12.8. The second-order valence-electron chi connectivity index (χ2n) is 7.25. The molecule has 0 spiro atoms. The lowest BCUT2D eigenvalue weighted by molar-refractivity contribution is -0.140. The Morgan fingerprint density at radius 2 is 1.96 bits per heavy atom. The predicted molar refractivity (Wildman–Crippen MR) is 101 cm³/mol. The molecular weight excluding hydrogens is 347 g/mol. The number of nitriles is 1. The van der Waals surface area contributed by atoms with Crippen molar-refractivity contribution in [3.05, 3.63) is 30.1 Å². The van der Waals surface area contributed by atoms with E-state index in [-0.39, 0.29) is 18.4 Å². The maximum Gasteiger partial charge on any atom is 0.240 e. The van der Waals surface area contributed by atoms with Crippen molar-refractivity contribution in [2.24, 2.45) is 0 Å². The number of nitrogens with zero attached hydrogens (tertiary/aromatic N) is 3. The first-order valence-corrected chi connectivity index (χ1v) is 9.23. The van der Waals surface area contributed by atoms with Crippen molar-refractivity contribution < 1.29 is 14.0 Å². The normalized spacial score (nSPS) is 17.0. The maximum atomic E-state index is 13.2. The van der Waals surface area contributed by atoms with Crippen molar-refractivity contribution in [3.8, 4) is 6.07 Å². The molecule has 0 bridgehead atoms. The van der Waals surface area contributed by atoms with Gasteiger partial charge in [0.2, 0.25) is 11.8 Å². The van der Waals surface area contributed by atoms with Gasteiger partial charge in [0.05, 0.1) is 18.7 Å². The van der Waals surface area contributed by atoms with Gasteiger partial charge >= 0.3 is 0 Å². The molecule has 1 aliphatic rings. The molecule has 0 heterocycles. The van der Waals surface area contributed by atoms with E-state index in [4.69, 9.17) is 0 Å². The van der Waals surface area contributed by atoms with Gasteiger partial charge in [-0.1, -0.05) is 25.3 Å². The lowest BCUT2D eigenvalue weighted by Crippen LogP contribution is -2.55. The summed E-state index contributed by atoms with van der Waals surface area (Å²) in [6.45, 7) is 1.71. The highest BCUT2D eigenvalue weighted by Crippen LogP contribution is 2.33. The highest BCUT2D eigenvalue weighted by molar-refractivity contribution is 5.92. The molecular formula is C20H27FN4O2. The molecule has 1 fully saturated rings. The summed E-state index contributed by atoms with van der Waals surface area (Å²) >= 11 is 0. The number of benzene rings is 1. The minimum atomic E-state index is -0.756. The molecule has 0 radical (unpaired) electrons. The molecule has 1 aromatic rings. The molecule has 27 heavy (non-hydrogen) atoms. The van der Waals surface area contributed by atoms with Crippen LogP contribution in [-0.4, -0.2) is 53.8 Å². The predicted octanol–water partition coefficient (Wildman–Crippen LogP) is 2.77. The molecule has 0 unspecified atom stereocenters. The zero-order valence-electron chi connectivity index (χ0n) is 16.2. The zero-order chi connectivity index (χ0) is 20.0. The Hall–Kier alpha value is -2.46. The van der Waals surface area contributed by atoms with Gasteiger partial charge in [-0.05, 0) is 45.0 Å². The lowest BCUT2D eigenvalue weighted by atomic mass is 9.81. The van der Waals surface area contributed by atoms with E-state index in [2.05, 4.69) is 11.4 Å². The number of hydrogen-bond acceptors (Lipinski definition) is 4. The number of carbonyl (C=O) groups is 2. The minimum Gasteiger partial charge on any atom is -0.326 e. The van der Waals surface area contributed by atoms with Crippen molar-refractivity contribution in [1.29, 1.82) is 5.26 Å². The number of carbonyl (C=O) groups excluding carboxylic acids is 2. The van der Waals surface area contributed by atoms with E-state index in [1.807, 2.05) is 0 Å². The summed E-state index contributed by atoms with van der Waals surface area (Å²) in [5, 5.41) is 12.3. The third kappa shape index (κ3) is 5.04. The Kier molecular flexibility index (Phi) is 6.92. The summed E-state index contributed by atoms with van der Waals surface area (Å²) in [5.41, 5.74) is -0.385. The van der Waals surface area contributed by atoms with Crippen LogP contribution in [0.15, 0.2) is 24.3 Å². The molecule has 146 valence electrons. The van der Waals surface area contributed by atoms with E-state index < -0.39 is 17.4 Å². The standard InChI is InChI=1S/C20H27FN4O2/c1-15(19(27)25(3)20(14-22)10-5-4-6-11-20)24(2)13-18(26)23-17-9-7-8-16(21)12-17/h7-9,12,15H,4-6,10-11,13H2,1-3H3,(H,23,26)/t15-/m1/s1. The molecule has 1 aromatic carbocycles. The summed E-state index contributed by atoms with van der Waals surface area (Å²) in [5.74, 6) is -0.946. The van der Waals surface area contributed by atoms with Gasteiger partial charge in [-0.15, -0.1) is 0 Å². The molecule has 0 aliphatic heterocycles. The monoisotopic (exact) mass is 374 g/mol. The van der Waals surface area contributed by atoms with Crippen LogP contribution in [0.5, 0.6) is 0 Å². The average Bonchev–Trinajstić information content (AvgIpc) is 2.66. The third-order valence-electron chi connectivity index (χ3n) is 5.38. The van der Waals surface area contributed by atoms with E-state index in [1.54, 1.807) is 36.9 Å². The largest absolute Gasteiger partial charge is 0.326 e. The third-order valence-corrected chi connectivity index (χ3v) is 5.38. The van der Waals surface area contributed by atoms with Gasteiger partial charge in [0.15, 0.2) is 0 Å². The highest BCUT2D eigenvalue weighted by atomic mass is 19.1. The number of likely N-dealkylation sites (N-methyl/N-ethyl adjacent to an activating group) is 2. The number of anilines is 1. The Balaban J connectivity index is 1.96. The zero-order valence-corrected chi connectivity index (χ0v) is 16.2. The molecule has 1 N–H and O–H groups in total. The van der Waals surface area contributed by atoms with Gasteiger partial charge in [-0.3, -0.25) is 14.5 Å². The van der Waals surface area contributed by atoms with Crippen molar-refractivity contribution in [2.45, 2.75) is 50.6 Å². The van der Waals surface area contributed by atoms with Crippen LogP contribution >= 0.6 is 0 Å². The second-order valence-corrected chi connectivity index (χ2v) is 7.25. The molecule has 2 amide bonds. The Morgan fingerprint density at radius 1 is 1.30 bits per heavy atom. The molecule has 0 aromatic heterocycles. The molecule has 1 saturated carbocycles. The van der Waals surface area contributed by atoms with Gasteiger partial charge in [-0.2, -0.15) is 5.26 Å². The van der Waals surface area contributed by atoms with Crippen molar-refractivity contribution >= 4 is 17.5 Å².